The zero-order valence-electron chi connectivity index (χ0n) is 10.3. The van der Waals surface area contributed by atoms with Crippen molar-refractivity contribution in [3.8, 4) is 0 Å². The number of fused-ring (bicyclic) bond motifs is 1. The van der Waals surface area contributed by atoms with Gasteiger partial charge in [-0.1, -0.05) is 36.4 Å². The van der Waals surface area contributed by atoms with Crippen LogP contribution < -0.4 is 10.9 Å². The first-order valence-corrected chi connectivity index (χ1v) is 7.11. The summed E-state index contributed by atoms with van der Waals surface area (Å²) >= 11 is 1.43. The molecule has 96 valence electrons. The van der Waals surface area contributed by atoms with Crippen molar-refractivity contribution < 1.29 is 4.79 Å². The first kappa shape index (κ1) is 12.0. The van der Waals surface area contributed by atoms with Crippen molar-refractivity contribution >= 4 is 22.9 Å². The molecule has 1 aliphatic rings. The average molecular weight is 270 g/mol. The number of hydrazine groups is 1. The number of carbonyl (C=O) groups excluding carboxylic acids is 1. The highest BCUT2D eigenvalue weighted by molar-refractivity contribution is 7.12. The summed E-state index contributed by atoms with van der Waals surface area (Å²) in [5.74, 6) is -0.0982. The number of amides is 1. The second kappa shape index (κ2) is 5.28. The van der Waals surface area contributed by atoms with Crippen LogP contribution in [0.2, 0.25) is 0 Å². The Labute approximate surface area is 115 Å². The lowest BCUT2D eigenvalue weighted by molar-refractivity contribution is 0.0946. The molecule has 0 aliphatic heterocycles. The molecule has 0 saturated heterocycles. The van der Waals surface area contributed by atoms with Crippen molar-refractivity contribution in [1.82, 2.24) is 10.9 Å². The molecule has 0 saturated carbocycles. The molecule has 0 bridgehead atoms. The van der Waals surface area contributed by atoms with Crippen molar-refractivity contribution in [1.29, 1.82) is 0 Å². The highest BCUT2D eigenvalue weighted by Crippen LogP contribution is 2.23. The van der Waals surface area contributed by atoms with Gasteiger partial charge in [-0.3, -0.25) is 15.6 Å². The largest absolute Gasteiger partial charge is 0.298 e. The maximum Gasteiger partial charge on any atom is 0.279 e. The summed E-state index contributed by atoms with van der Waals surface area (Å²) in [4.78, 5) is 12.6. The van der Waals surface area contributed by atoms with Gasteiger partial charge in [0.05, 0.1) is 10.6 Å². The first-order valence-electron chi connectivity index (χ1n) is 6.23. The Morgan fingerprint density at radius 2 is 2.05 bits per heavy atom. The van der Waals surface area contributed by atoms with Crippen LogP contribution in [0.4, 0.5) is 0 Å². The van der Waals surface area contributed by atoms with Gasteiger partial charge < -0.3 is 0 Å². The maximum atomic E-state index is 11.9. The molecular formula is C15H14N2OS. The number of rotatable bonds is 3. The first-order chi connectivity index (χ1) is 9.34. The van der Waals surface area contributed by atoms with E-state index in [0.29, 0.717) is 4.88 Å². The van der Waals surface area contributed by atoms with Gasteiger partial charge in [0.2, 0.25) is 0 Å². The van der Waals surface area contributed by atoms with E-state index in [4.69, 9.17) is 0 Å². The summed E-state index contributed by atoms with van der Waals surface area (Å²) in [5, 5.41) is 1.89. The van der Waals surface area contributed by atoms with E-state index in [1.165, 1.54) is 22.5 Å². The molecule has 1 aliphatic carbocycles. The number of thiophene rings is 1. The molecule has 0 unspecified atom stereocenters. The Morgan fingerprint density at radius 1 is 1.16 bits per heavy atom. The van der Waals surface area contributed by atoms with Gasteiger partial charge in [0.15, 0.2) is 0 Å². The van der Waals surface area contributed by atoms with Crippen LogP contribution in [-0.4, -0.2) is 5.91 Å². The molecule has 4 heteroatoms. The number of hydrogen-bond donors (Lipinski definition) is 2. The van der Waals surface area contributed by atoms with E-state index in [1.807, 2.05) is 29.6 Å². The third-order valence-corrected chi connectivity index (χ3v) is 3.99. The lowest BCUT2D eigenvalue weighted by Gasteiger charge is -2.19. The lowest BCUT2D eigenvalue weighted by atomic mass is 9.95. The van der Waals surface area contributed by atoms with Gasteiger partial charge in [0, 0.05) is 5.56 Å². The summed E-state index contributed by atoms with van der Waals surface area (Å²) in [6, 6.07) is 11.9. The van der Waals surface area contributed by atoms with Crippen molar-refractivity contribution in [2.24, 2.45) is 0 Å². The number of aryl methyl sites for hydroxylation is 1. The highest BCUT2D eigenvalue weighted by atomic mass is 32.1. The Kier molecular flexibility index (Phi) is 3.33. The van der Waals surface area contributed by atoms with Gasteiger partial charge in [-0.2, -0.15) is 0 Å². The maximum absolute atomic E-state index is 11.9. The van der Waals surface area contributed by atoms with Crippen molar-refractivity contribution in [2.45, 2.75) is 12.8 Å². The van der Waals surface area contributed by atoms with Gasteiger partial charge in [0.1, 0.15) is 0 Å². The van der Waals surface area contributed by atoms with Crippen LogP contribution >= 0.6 is 11.3 Å². The molecule has 19 heavy (non-hydrogen) atoms. The van der Waals surface area contributed by atoms with Gasteiger partial charge >= 0.3 is 0 Å². The van der Waals surface area contributed by atoms with E-state index in [1.54, 1.807) is 0 Å². The van der Waals surface area contributed by atoms with Crippen molar-refractivity contribution in [3.63, 3.8) is 0 Å². The second-order valence-electron chi connectivity index (χ2n) is 4.37. The van der Waals surface area contributed by atoms with E-state index >= 15 is 0 Å². The van der Waals surface area contributed by atoms with Crippen LogP contribution in [-0.2, 0) is 6.42 Å². The van der Waals surface area contributed by atoms with Crippen LogP contribution in [0.1, 0.15) is 27.2 Å². The molecule has 1 aromatic heterocycles. The average Bonchev–Trinajstić information content (AvgIpc) is 2.99. The predicted molar refractivity (Wildman–Crippen MR) is 77.7 cm³/mol. The summed E-state index contributed by atoms with van der Waals surface area (Å²) in [5.41, 5.74) is 9.25. The van der Waals surface area contributed by atoms with Crippen LogP contribution in [0, 0.1) is 0 Å². The minimum absolute atomic E-state index is 0.0982. The Morgan fingerprint density at radius 3 is 2.89 bits per heavy atom. The van der Waals surface area contributed by atoms with Crippen LogP contribution in [0.25, 0.3) is 5.70 Å². The van der Waals surface area contributed by atoms with Crippen LogP contribution in [0.5, 0.6) is 0 Å². The molecule has 1 amide bonds. The monoisotopic (exact) mass is 270 g/mol. The second-order valence-corrected chi connectivity index (χ2v) is 5.32. The van der Waals surface area contributed by atoms with Crippen LogP contribution in [0.15, 0.2) is 47.9 Å². The van der Waals surface area contributed by atoms with Crippen molar-refractivity contribution in [2.75, 3.05) is 0 Å². The molecule has 2 N–H and O–H groups in total. The molecule has 1 aromatic carbocycles. The molecule has 3 nitrogen and oxygen atoms in total. The van der Waals surface area contributed by atoms with E-state index < -0.39 is 0 Å². The molecule has 3 rings (SSSR count). The lowest BCUT2D eigenvalue weighted by Crippen LogP contribution is -2.36. The number of nitrogens with one attached hydrogen (secondary N) is 2. The molecule has 0 spiro atoms. The van der Waals surface area contributed by atoms with Crippen LogP contribution in [0.3, 0.4) is 0 Å². The highest BCUT2D eigenvalue weighted by Gasteiger charge is 2.13. The van der Waals surface area contributed by atoms with E-state index in [9.17, 15) is 4.79 Å². The fourth-order valence-corrected chi connectivity index (χ4v) is 2.81. The SMILES string of the molecule is O=C(NNC1=CCCc2ccccc21)c1cccs1. The number of allylic oxidation sites excluding steroid dienone is 1. The fraction of sp³-hybridized carbons (Fsp3) is 0.133. The van der Waals surface area contributed by atoms with E-state index in [2.05, 4.69) is 29.1 Å². The van der Waals surface area contributed by atoms with Gasteiger partial charge in [0.25, 0.3) is 5.91 Å². The summed E-state index contributed by atoms with van der Waals surface area (Å²) in [6.45, 7) is 0. The summed E-state index contributed by atoms with van der Waals surface area (Å²) < 4.78 is 0. The topological polar surface area (TPSA) is 41.1 Å². The Balaban J connectivity index is 1.71. The molecule has 1 heterocycles. The molecular weight excluding hydrogens is 256 g/mol. The summed E-state index contributed by atoms with van der Waals surface area (Å²) in [7, 11) is 0. The standard InChI is InChI=1S/C15H14N2OS/c18-15(14-9-4-10-19-14)17-16-13-8-3-6-11-5-1-2-7-12(11)13/h1-2,4-5,7-10,16H,3,6H2,(H,17,18). The van der Waals surface area contributed by atoms with Gasteiger partial charge in [-0.15, -0.1) is 11.3 Å². The minimum Gasteiger partial charge on any atom is -0.298 e. The normalized spacial score (nSPS) is 13.4. The molecule has 0 fully saturated rings. The molecule has 0 radical (unpaired) electrons. The third kappa shape index (κ3) is 2.53. The van der Waals surface area contributed by atoms with Gasteiger partial charge in [-0.25, -0.2) is 0 Å². The molecule has 0 atom stereocenters. The van der Waals surface area contributed by atoms with E-state index in [0.717, 1.165) is 18.5 Å². The minimum atomic E-state index is -0.0982. The zero-order valence-corrected chi connectivity index (χ0v) is 11.2. The Bertz CT molecular complexity index is 617. The quantitative estimate of drug-likeness (QED) is 0.842. The smallest absolute Gasteiger partial charge is 0.279 e. The fourth-order valence-electron chi connectivity index (χ4n) is 2.19. The summed E-state index contributed by atoms with van der Waals surface area (Å²) in [6.07, 6.45) is 4.17. The van der Waals surface area contributed by atoms with E-state index in [-0.39, 0.29) is 5.91 Å². The van der Waals surface area contributed by atoms with Gasteiger partial charge in [-0.05, 0) is 29.9 Å². The number of hydrogen-bond acceptors (Lipinski definition) is 3. The third-order valence-electron chi connectivity index (χ3n) is 3.13. The number of carbonyl (C=O) groups is 1. The predicted octanol–water partition coefficient (Wildman–Crippen LogP) is 2.97. The van der Waals surface area contributed by atoms with Crippen molar-refractivity contribution in [3.05, 3.63) is 63.9 Å². The Hall–Kier alpha value is -2.07. The molecule has 2 aromatic rings. The number of benzene rings is 1. The zero-order chi connectivity index (χ0) is 13.1.